The monoisotopic (exact) mass is 285 g/mol. The second kappa shape index (κ2) is 5.63. The van der Waals surface area contributed by atoms with Crippen molar-refractivity contribution in [1.29, 1.82) is 0 Å². The number of anilines is 1. The molecule has 96 valence electrons. The molecular weight excluding hydrogens is 273 g/mol. The summed E-state index contributed by atoms with van der Waals surface area (Å²) in [5.41, 5.74) is 0.438. The van der Waals surface area contributed by atoms with Crippen LogP contribution in [0.5, 0.6) is 0 Å². The van der Waals surface area contributed by atoms with Crippen LogP contribution in [0.25, 0.3) is 0 Å². The van der Waals surface area contributed by atoms with Crippen molar-refractivity contribution in [3.8, 4) is 0 Å². The van der Waals surface area contributed by atoms with Gasteiger partial charge in [0, 0.05) is 34.6 Å². The van der Waals surface area contributed by atoms with E-state index in [2.05, 4.69) is 14.7 Å². The van der Waals surface area contributed by atoms with Gasteiger partial charge in [-0.1, -0.05) is 17.7 Å². The first-order chi connectivity index (χ1) is 8.56. The van der Waals surface area contributed by atoms with Gasteiger partial charge in [-0.25, -0.2) is 9.37 Å². The van der Waals surface area contributed by atoms with E-state index in [1.165, 1.54) is 17.6 Å². The zero-order valence-corrected chi connectivity index (χ0v) is 11.6. The molecule has 2 aromatic rings. The molecule has 0 fully saturated rings. The Hall–Kier alpha value is -1.20. The maximum atomic E-state index is 13.6. The van der Waals surface area contributed by atoms with Crippen LogP contribution in [-0.2, 0) is 6.42 Å². The van der Waals surface area contributed by atoms with E-state index in [4.69, 9.17) is 11.6 Å². The van der Waals surface area contributed by atoms with Crippen molar-refractivity contribution >= 4 is 28.3 Å². The molecule has 0 bridgehead atoms. The predicted molar refractivity (Wildman–Crippen MR) is 72.9 cm³/mol. The third-order valence-electron chi connectivity index (χ3n) is 2.28. The van der Waals surface area contributed by atoms with Crippen LogP contribution in [0.3, 0.4) is 0 Å². The zero-order chi connectivity index (χ0) is 13.1. The molecule has 0 saturated heterocycles. The fourth-order valence-electron chi connectivity index (χ4n) is 1.49. The molecule has 0 spiro atoms. The molecule has 0 aliphatic rings. The summed E-state index contributed by atoms with van der Waals surface area (Å²) in [7, 11) is 0. The van der Waals surface area contributed by atoms with Crippen LogP contribution >= 0.6 is 23.1 Å². The first kappa shape index (κ1) is 13.2. The van der Waals surface area contributed by atoms with E-state index in [-0.39, 0.29) is 5.82 Å². The Kier molecular flexibility index (Phi) is 4.14. The van der Waals surface area contributed by atoms with Gasteiger partial charge >= 0.3 is 0 Å². The molecule has 0 aliphatic heterocycles. The van der Waals surface area contributed by atoms with E-state index in [0.29, 0.717) is 28.9 Å². The number of aromatic nitrogens is 2. The molecule has 0 aliphatic carbocycles. The Morgan fingerprint density at radius 3 is 2.89 bits per heavy atom. The molecule has 0 saturated carbocycles. The quantitative estimate of drug-likeness (QED) is 0.930. The van der Waals surface area contributed by atoms with Crippen molar-refractivity contribution in [2.45, 2.75) is 26.3 Å². The van der Waals surface area contributed by atoms with Crippen molar-refractivity contribution in [3.05, 3.63) is 40.4 Å². The minimum Gasteiger partial charge on any atom is -0.358 e. The van der Waals surface area contributed by atoms with E-state index >= 15 is 0 Å². The molecule has 0 amide bonds. The predicted octanol–water partition coefficient (Wildman–Crippen LogP) is 3.74. The summed E-state index contributed by atoms with van der Waals surface area (Å²) < 4.78 is 17.8. The summed E-state index contributed by atoms with van der Waals surface area (Å²) >= 11 is 7.23. The summed E-state index contributed by atoms with van der Waals surface area (Å²) in [5, 5.41) is 4.31. The summed E-state index contributed by atoms with van der Waals surface area (Å²) in [4.78, 5) is 4.30. The fourth-order valence-corrected chi connectivity index (χ4v) is 2.45. The SMILES string of the molecule is CC(C)Nc1nc(Cc2c(F)cccc2Cl)ns1. The highest BCUT2D eigenvalue weighted by atomic mass is 35.5. The van der Waals surface area contributed by atoms with Crippen LogP contribution in [0.1, 0.15) is 25.2 Å². The summed E-state index contributed by atoms with van der Waals surface area (Å²) in [6, 6.07) is 4.94. The van der Waals surface area contributed by atoms with Gasteiger partial charge in [0.15, 0.2) is 0 Å². The molecule has 2 rings (SSSR count). The lowest BCUT2D eigenvalue weighted by Crippen LogP contribution is -2.09. The zero-order valence-electron chi connectivity index (χ0n) is 10.1. The van der Waals surface area contributed by atoms with E-state index < -0.39 is 0 Å². The van der Waals surface area contributed by atoms with E-state index in [9.17, 15) is 4.39 Å². The van der Waals surface area contributed by atoms with Gasteiger partial charge < -0.3 is 5.32 Å². The Morgan fingerprint density at radius 2 is 2.22 bits per heavy atom. The first-order valence-corrected chi connectivity index (χ1v) is 6.73. The van der Waals surface area contributed by atoms with Crippen LogP contribution in [0.2, 0.25) is 5.02 Å². The maximum Gasteiger partial charge on any atom is 0.202 e. The lowest BCUT2D eigenvalue weighted by Gasteiger charge is -2.04. The van der Waals surface area contributed by atoms with Crippen LogP contribution < -0.4 is 5.32 Å². The van der Waals surface area contributed by atoms with Gasteiger partial charge in [0.2, 0.25) is 5.13 Å². The number of nitrogens with zero attached hydrogens (tertiary/aromatic N) is 2. The van der Waals surface area contributed by atoms with Gasteiger partial charge in [-0.3, -0.25) is 0 Å². The Bertz CT molecular complexity index is 522. The van der Waals surface area contributed by atoms with Gasteiger partial charge in [0.05, 0.1) is 0 Å². The lowest BCUT2D eigenvalue weighted by molar-refractivity contribution is 0.612. The Morgan fingerprint density at radius 1 is 1.44 bits per heavy atom. The smallest absolute Gasteiger partial charge is 0.202 e. The van der Waals surface area contributed by atoms with Gasteiger partial charge in [0.1, 0.15) is 11.6 Å². The molecule has 0 atom stereocenters. The van der Waals surface area contributed by atoms with Crippen molar-refractivity contribution in [1.82, 2.24) is 9.36 Å². The topological polar surface area (TPSA) is 37.8 Å². The molecule has 0 unspecified atom stereocenters. The minimum atomic E-state index is -0.323. The molecule has 1 N–H and O–H groups in total. The normalized spacial score (nSPS) is 10.9. The van der Waals surface area contributed by atoms with Crippen molar-refractivity contribution in [2.24, 2.45) is 0 Å². The summed E-state index contributed by atoms with van der Waals surface area (Å²) in [6.45, 7) is 4.05. The van der Waals surface area contributed by atoms with E-state index in [1.54, 1.807) is 12.1 Å². The maximum absolute atomic E-state index is 13.6. The van der Waals surface area contributed by atoms with Crippen LogP contribution in [0, 0.1) is 5.82 Å². The van der Waals surface area contributed by atoms with Crippen LogP contribution in [-0.4, -0.2) is 15.4 Å². The van der Waals surface area contributed by atoms with Gasteiger partial charge in [-0.05, 0) is 26.0 Å². The lowest BCUT2D eigenvalue weighted by atomic mass is 10.1. The number of nitrogens with one attached hydrogen (secondary N) is 1. The number of hydrogen-bond acceptors (Lipinski definition) is 4. The van der Waals surface area contributed by atoms with E-state index in [0.717, 1.165) is 5.13 Å². The third-order valence-corrected chi connectivity index (χ3v) is 3.32. The van der Waals surface area contributed by atoms with Crippen molar-refractivity contribution < 1.29 is 4.39 Å². The molecule has 0 radical (unpaired) electrons. The number of hydrogen-bond donors (Lipinski definition) is 1. The number of benzene rings is 1. The average Bonchev–Trinajstić information content (AvgIpc) is 2.70. The average molecular weight is 286 g/mol. The molecule has 1 aromatic heterocycles. The Labute approximate surface area is 114 Å². The van der Waals surface area contributed by atoms with Crippen LogP contribution in [0.15, 0.2) is 18.2 Å². The highest BCUT2D eigenvalue weighted by Crippen LogP contribution is 2.22. The number of rotatable bonds is 4. The molecular formula is C12H13ClFN3S. The standard InChI is InChI=1S/C12H13ClFN3S/c1-7(2)15-12-16-11(17-18-12)6-8-9(13)4-3-5-10(8)14/h3-5,7H,6H2,1-2H3,(H,15,16,17). The van der Waals surface area contributed by atoms with E-state index in [1.807, 2.05) is 13.8 Å². The highest BCUT2D eigenvalue weighted by Gasteiger charge is 2.11. The molecule has 1 heterocycles. The highest BCUT2D eigenvalue weighted by molar-refractivity contribution is 7.09. The molecule has 18 heavy (non-hydrogen) atoms. The first-order valence-electron chi connectivity index (χ1n) is 5.58. The fraction of sp³-hybridized carbons (Fsp3) is 0.333. The van der Waals surface area contributed by atoms with Gasteiger partial charge in [0.25, 0.3) is 0 Å². The summed E-state index contributed by atoms with van der Waals surface area (Å²) in [6.07, 6.45) is 0.307. The van der Waals surface area contributed by atoms with Gasteiger partial charge in [-0.15, -0.1) is 0 Å². The molecule has 6 heteroatoms. The number of halogens is 2. The van der Waals surface area contributed by atoms with Crippen LogP contribution in [0.4, 0.5) is 9.52 Å². The van der Waals surface area contributed by atoms with Crippen molar-refractivity contribution in [3.63, 3.8) is 0 Å². The second-order valence-corrected chi connectivity index (χ2v) is 5.35. The Balaban J connectivity index is 2.16. The minimum absolute atomic E-state index is 0.294. The van der Waals surface area contributed by atoms with Gasteiger partial charge in [-0.2, -0.15) is 4.37 Å². The van der Waals surface area contributed by atoms with Crippen molar-refractivity contribution in [2.75, 3.05) is 5.32 Å². The largest absolute Gasteiger partial charge is 0.358 e. The molecule has 1 aromatic carbocycles. The second-order valence-electron chi connectivity index (χ2n) is 4.19. The molecule has 3 nitrogen and oxygen atoms in total. The summed E-state index contributed by atoms with van der Waals surface area (Å²) in [5.74, 6) is 0.255. The third kappa shape index (κ3) is 3.17.